The average Bonchev–Trinajstić information content (AvgIpc) is 2.80. The molecule has 0 aliphatic heterocycles. The SMILES string of the molecule is C=C(NC(=O)c1ccc(C(C)(C)C)cc1)Nc1sc(C)c(C)c1C#N. The van der Waals surface area contributed by atoms with Crippen LogP contribution in [0.4, 0.5) is 5.00 Å². The van der Waals surface area contributed by atoms with Crippen LogP contribution in [0.25, 0.3) is 0 Å². The molecule has 25 heavy (non-hydrogen) atoms. The summed E-state index contributed by atoms with van der Waals surface area (Å²) in [5.41, 5.74) is 3.32. The molecule has 2 rings (SSSR count). The molecule has 4 nitrogen and oxygen atoms in total. The highest BCUT2D eigenvalue weighted by atomic mass is 32.1. The summed E-state index contributed by atoms with van der Waals surface area (Å²) in [6, 6.07) is 9.73. The maximum atomic E-state index is 12.4. The van der Waals surface area contributed by atoms with Crippen LogP contribution in [-0.4, -0.2) is 5.91 Å². The second-order valence-electron chi connectivity index (χ2n) is 6.98. The van der Waals surface area contributed by atoms with Gasteiger partial charge in [-0.25, -0.2) is 0 Å². The third-order valence-electron chi connectivity index (χ3n) is 4.04. The number of amides is 1. The Hall–Kier alpha value is -2.58. The summed E-state index contributed by atoms with van der Waals surface area (Å²) >= 11 is 1.48. The molecule has 2 aromatic rings. The van der Waals surface area contributed by atoms with Gasteiger partial charge in [-0.2, -0.15) is 5.26 Å². The normalized spacial score (nSPS) is 10.9. The lowest BCUT2D eigenvalue weighted by molar-refractivity contribution is 0.0966. The monoisotopic (exact) mass is 353 g/mol. The van der Waals surface area contributed by atoms with Gasteiger partial charge in [0.25, 0.3) is 5.91 Å². The van der Waals surface area contributed by atoms with Crippen molar-refractivity contribution < 1.29 is 4.79 Å². The van der Waals surface area contributed by atoms with Crippen LogP contribution in [0, 0.1) is 25.2 Å². The summed E-state index contributed by atoms with van der Waals surface area (Å²) in [5.74, 6) is 0.115. The van der Waals surface area contributed by atoms with Gasteiger partial charge in [0.1, 0.15) is 16.9 Å². The fourth-order valence-electron chi connectivity index (χ4n) is 2.35. The number of benzene rings is 1. The molecular formula is C20H23N3OS. The van der Waals surface area contributed by atoms with Gasteiger partial charge in [-0.15, -0.1) is 11.3 Å². The number of aryl methyl sites for hydroxylation is 1. The number of hydrogen-bond acceptors (Lipinski definition) is 4. The van der Waals surface area contributed by atoms with E-state index in [4.69, 9.17) is 0 Å². The van der Waals surface area contributed by atoms with Crippen LogP contribution in [0.1, 0.15) is 52.7 Å². The van der Waals surface area contributed by atoms with Crippen LogP contribution in [0.15, 0.2) is 36.7 Å². The Kier molecular flexibility index (Phi) is 5.34. The van der Waals surface area contributed by atoms with Gasteiger partial charge >= 0.3 is 0 Å². The number of thiophene rings is 1. The zero-order valence-corrected chi connectivity index (χ0v) is 16.1. The van der Waals surface area contributed by atoms with Crippen LogP contribution >= 0.6 is 11.3 Å². The van der Waals surface area contributed by atoms with E-state index in [9.17, 15) is 10.1 Å². The lowest BCUT2D eigenvalue weighted by atomic mass is 9.87. The van der Waals surface area contributed by atoms with Crippen molar-refractivity contribution in [1.82, 2.24) is 5.32 Å². The molecule has 1 heterocycles. The molecule has 130 valence electrons. The first-order chi connectivity index (χ1) is 11.6. The third-order valence-corrected chi connectivity index (χ3v) is 5.16. The lowest BCUT2D eigenvalue weighted by Crippen LogP contribution is -2.26. The average molecular weight is 353 g/mol. The van der Waals surface area contributed by atoms with Crippen molar-refractivity contribution in [2.45, 2.75) is 40.0 Å². The van der Waals surface area contributed by atoms with Crippen molar-refractivity contribution in [1.29, 1.82) is 5.26 Å². The molecule has 5 heteroatoms. The number of anilines is 1. The third kappa shape index (κ3) is 4.28. The van der Waals surface area contributed by atoms with E-state index in [-0.39, 0.29) is 11.3 Å². The molecule has 0 radical (unpaired) electrons. The highest BCUT2D eigenvalue weighted by molar-refractivity contribution is 7.16. The Morgan fingerprint density at radius 2 is 1.80 bits per heavy atom. The predicted octanol–water partition coefficient (Wildman–Crippen LogP) is 4.85. The van der Waals surface area contributed by atoms with Gasteiger partial charge < -0.3 is 10.6 Å². The maximum absolute atomic E-state index is 12.4. The molecular weight excluding hydrogens is 330 g/mol. The topological polar surface area (TPSA) is 64.9 Å². The van der Waals surface area contributed by atoms with E-state index in [1.54, 1.807) is 0 Å². The molecule has 0 atom stereocenters. The highest BCUT2D eigenvalue weighted by Gasteiger charge is 2.16. The molecule has 1 aromatic heterocycles. The molecule has 0 spiro atoms. The fraction of sp³-hybridized carbons (Fsp3) is 0.300. The molecule has 0 fully saturated rings. The van der Waals surface area contributed by atoms with Crippen LogP contribution in [0.5, 0.6) is 0 Å². The van der Waals surface area contributed by atoms with Gasteiger partial charge in [-0.3, -0.25) is 4.79 Å². The highest BCUT2D eigenvalue weighted by Crippen LogP contribution is 2.32. The lowest BCUT2D eigenvalue weighted by Gasteiger charge is -2.19. The van der Waals surface area contributed by atoms with Gasteiger partial charge in [0.05, 0.1) is 5.56 Å². The van der Waals surface area contributed by atoms with E-state index >= 15 is 0 Å². The second-order valence-corrected chi connectivity index (χ2v) is 8.21. The van der Waals surface area contributed by atoms with Gasteiger partial charge in [0, 0.05) is 10.4 Å². The molecule has 0 saturated carbocycles. The molecule has 0 saturated heterocycles. The first-order valence-corrected chi connectivity index (χ1v) is 8.83. The van der Waals surface area contributed by atoms with E-state index in [2.05, 4.69) is 44.1 Å². The van der Waals surface area contributed by atoms with E-state index in [1.807, 2.05) is 38.1 Å². The van der Waals surface area contributed by atoms with Crippen molar-refractivity contribution in [3.63, 3.8) is 0 Å². The van der Waals surface area contributed by atoms with Crippen molar-refractivity contribution in [2.75, 3.05) is 5.32 Å². The smallest absolute Gasteiger partial charge is 0.256 e. The van der Waals surface area contributed by atoms with Crippen molar-refractivity contribution >= 4 is 22.2 Å². The van der Waals surface area contributed by atoms with Gasteiger partial charge in [0.2, 0.25) is 0 Å². The first-order valence-electron chi connectivity index (χ1n) is 8.01. The molecule has 0 aliphatic rings. The number of carbonyl (C=O) groups excluding carboxylic acids is 1. The summed E-state index contributed by atoms with van der Waals surface area (Å²) in [5, 5.41) is 15.7. The summed E-state index contributed by atoms with van der Waals surface area (Å²) in [7, 11) is 0. The summed E-state index contributed by atoms with van der Waals surface area (Å²) in [6.07, 6.45) is 0. The zero-order chi connectivity index (χ0) is 18.8. The number of rotatable bonds is 4. The molecule has 0 aliphatic carbocycles. The first kappa shape index (κ1) is 18.8. The largest absolute Gasteiger partial charge is 0.333 e. The molecule has 1 aromatic carbocycles. The van der Waals surface area contributed by atoms with Crippen molar-refractivity contribution in [3.8, 4) is 6.07 Å². The maximum Gasteiger partial charge on any atom is 0.256 e. The van der Waals surface area contributed by atoms with Gasteiger partial charge in [-0.1, -0.05) is 39.5 Å². The Labute approximate surface area is 153 Å². The summed E-state index contributed by atoms with van der Waals surface area (Å²) < 4.78 is 0. The quantitative estimate of drug-likeness (QED) is 0.826. The number of hydrogen-bond donors (Lipinski definition) is 2. The minimum atomic E-state index is -0.235. The minimum absolute atomic E-state index is 0.0444. The minimum Gasteiger partial charge on any atom is -0.333 e. The zero-order valence-electron chi connectivity index (χ0n) is 15.3. The second kappa shape index (κ2) is 7.12. The number of carbonyl (C=O) groups is 1. The van der Waals surface area contributed by atoms with E-state index in [1.165, 1.54) is 16.9 Å². The van der Waals surface area contributed by atoms with E-state index in [0.717, 1.165) is 10.4 Å². The Bertz CT molecular complexity index is 849. The molecule has 0 bridgehead atoms. The number of nitrogens with zero attached hydrogens (tertiary/aromatic N) is 1. The number of nitrogens with one attached hydrogen (secondary N) is 2. The summed E-state index contributed by atoms with van der Waals surface area (Å²) in [6.45, 7) is 14.1. The molecule has 2 N–H and O–H groups in total. The van der Waals surface area contributed by atoms with Gasteiger partial charge in [-0.05, 0) is 42.5 Å². The van der Waals surface area contributed by atoms with E-state index < -0.39 is 0 Å². The molecule has 1 amide bonds. The predicted molar refractivity (Wildman–Crippen MR) is 104 cm³/mol. The van der Waals surface area contributed by atoms with Crippen LogP contribution < -0.4 is 10.6 Å². The molecule has 0 unspecified atom stereocenters. The number of nitriles is 1. The standard InChI is InChI=1S/C20H23N3OS/c1-12-13(2)25-19(17(12)11-21)23-14(3)22-18(24)15-7-9-16(10-8-15)20(4,5)6/h7-10,23H,3H2,1-2,4-6H3,(H,22,24). The van der Waals surface area contributed by atoms with Gasteiger partial charge in [0.15, 0.2) is 0 Å². The van der Waals surface area contributed by atoms with E-state index in [0.29, 0.717) is 21.9 Å². The van der Waals surface area contributed by atoms with Crippen LogP contribution in [-0.2, 0) is 5.41 Å². The fourth-order valence-corrected chi connectivity index (χ4v) is 3.39. The summed E-state index contributed by atoms with van der Waals surface area (Å²) in [4.78, 5) is 13.4. The Morgan fingerprint density at radius 3 is 2.32 bits per heavy atom. The van der Waals surface area contributed by atoms with Crippen molar-refractivity contribution in [3.05, 3.63) is 63.8 Å². The van der Waals surface area contributed by atoms with Crippen LogP contribution in [0.2, 0.25) is 0 Å². The Morgan fingerprint density at radius 1 is 1.20 bits per heavy atom. The van der Waals surface area contributed by atoms with Crippen LogP contribution in [0.3, 0.4) is 0 Å². The Balaban J connectivity index is 2.07. The van der Waals surface area contributed by atoms with Crippen molar-refractivity contribution in [2.24, 2.45) is 0 Å².